The molecule has 0 N–H and O–H groups in total. The van der Waals surface area contributed by atoms with Gasteiger partial charge >= 0.3 is 0 Å². The van der Waals surface area contributed by atoms with Crippen molar-refractivity contribution < 1.29 is 13.9 Å². The monoisotopic (exact) mass is 398 g/mol. The maximum absolute atomic E-state index is 13.1. The molecule has 6 nitrogen and oxygen atoms in total. The van der Waals surface area contributed by atoms with Gasteiger partial charge in [-0.1, -0.05) is 0 Å². The summed E-state index contributed by atoms with van der Waals surface area (Å²) in [5.41, 5.74) is 0.861. The molecule has 0 radical (unpaired) electrons. The maximum Gasteiger partial charge on any atom is 0.222 e. The number of amides is 1. The summed E-state index contributed by atoms with van der Waals surface area (Å²) in [4.78, 5) is 25.3. The van der Waals surface area contributed by atoms with Gasteiger partial charge in [-0.2, -0.15) is 4.98 Å². The lowest BCUT2D eigenvalue weighted by molar-refractivity contribution is -0.130. The van der Waals surface area contributed by atoms with Crippen molar-refractivity contribution in [2.24, 2.45) is 0 Å². The molecule has 0 unspecified atom stereocenters. The van der Waals surface area contributed by atoms with Crippen molar-refractivity contribution in [2.45, 2.75) is 45.1 Å². The minimum atomic E-state index is -0.294. The molecule has 2 saturated heterocycles. The lowest BCUT2D eigenvalue weighted by Gasteiger charge is -2.36. The molecule has 1 aromatic heterocycles. The zero-order chi connectivity index (χ0) is 20.4. The number of likely N-dealkylation sites (tertiary alicyclic amines) is 2. The van der Waals surface area contributed by atoms with Crippen molar-refractivity contribution in [2.75, 3.05) is 26.2 Å². The second-order valence-electron chi connectivity index (χ2n) is 7.98. The number of carbonyl (C=O) groups is 1. The molecule has 1 aromatic carbocycles. The summed E-state index contributed by atoms with van der Waals surface area (Å²) in [7, 11) is 0. The molecule has 7 heteroatoms. The average molecular weight is 398 g/mol. The number of benzene rings is 1. The first-order valence-electron chi connectivity index (χ1n) is 10.3. The largest absolute Gasteiger partial charge is 0.439 e. The molecule has 154 valence electrons. The van der Waals surface area contributed by atoms with Crippen molar-refractivity contribution in [3.63, 3.8) is 0 Å². The van der Waals surface area contributed by atoms with Crippen LogP contribution in [0.5, 0.6) is 11.6 Å². The van der Waals surface area contributed by atoms with Gasteiger partial charge in [0.15, 0.2) is 0 Å². The van der Waals surface area contributed by atoms with Crippen LogP contribution in [-0.2, 0) is 4.79 Å². The van der Waals surface area contributed by atoms with E-state index in [1.807, 2.05) is 11.8 Å². The predicted octanol–water partition coefficient (Wildman–Crippen LogP) is 3.52. The van der Waals surface area contributed by atoms with Gasteiger partial charge < -0.3 is 9.64 Å². The molecule has 0 spiro atoms. The molecule has 4 rings (SSSR count). The first kappa shape index (κ1) is 19.8. The van der Waals surface area contributed by atoms with Crippen molar-refractivity contribution in [1.29, 1.82) is 0 Å². The summed E-state index contributed by atoms with van der Waals surface area (Å²) in [5, 5.41) is 0. The van der Waals surface area contributed by atoms with Gasteiger partial charge in [0, 0.05) is 50.3 Å². The summed E-state index contributed by atoms with van der Waals surface area (Å²) in [6.07, 6.45) is 3.08. The molecular weight excluding hydrogens is 371 g/mol. The first-order chi connectivity index (χ1) is 14.0. The molecule has 0 saturated carbocycles. The van der Waals surface area contributed by atoms with Crippen LogP contribution in [0.15, 0.2) is 30.3 Å². The summed E-state index contributed by atoms with van der Waals surface area (Å²) < 4.78 is 18.9. The molecular formula is C22H27FN4O2. The Morgan fingerprint density at radius 3 is 2.52 bits per heavy atom. The summed E-state index contributed by atoms with van der Waals surface area (Å²) >= 11 is 0. The lowest BCUT2D eigenvalue weighted by atomic mass is 10.0. The quantitative estimate of drug-likeness (QED) is 0.789. The number of hydrogen-bond acceptors (Lipinski definition) is 5. The van der Waals surface area contributed by atoms with E-state index in [1.54, 1.807) is 25.1 Å². The standard InChI is InChI=1S/C22H27FN4O2/c1-15-13-21(29-20-5-3-18(23)4-6-20)25-22(24-15)17-7-10-27(14-17)19-8-11-26(12-9-19)16(2)28/h3-6,13,17,19H,7-12,14H2,1-2H3/t17-/m1/s1. The number of hydrogen-bond donors (Lipinski definition) is 0. The average Bonchev–Trinajstić information content (AvgIpc) is 3.20. The molecule has 29 heavy (non-hydrogen) atoms. The minimum Gasteiger partial charge on any atom is -0.439 e. The van der Waals surface area contributed by atoms with E-state index in [2.05, 4.69) is 14.9 Å². The molecule has 2 aliphatic rings. The second kappa shape index (κ2) is 8.45. The summed E-state index contributed by atoms with van der Waals surface area (Å²) in [6, 6.07) is 8.26. The molecule has 2 aliphatic heterocycles. The highest BCUT2D eigenvalue weighted by Gasteiger charge is 2.33. The van der Waals surface area contributed by atoms with E-state index in [4.69, 9.17) is 4.74 Å². The van der Waals surface area contributed by atoms with E-state index in [0.29, 0.717) is 17.7 Å². The van der Waals surface area contributed by atoms with Crippen molar-refractivity contribution >= 4 is 5.91 Å². The molecule has 2 fully saturated rings. The van der Waals surface area contributed by atoms with Gasteiger partial charge in [-0.3, -0.25) is 9.69 Å². The van der Waals surface area contributed by atoms with Gasteiger partial charge in [-0.25, -0.2) is 9.37 Å². The van der Waals surface area contributed by atoms with Crippen LogP contribution in [0.4, 0.5) is 4.39 Å². The Bertz CT molecular complexity index is 866. The third kappa shape index (κ3) is 4.72. The summed E-state index contributed by atoms with van der Waals surface area (Å²) in [5.74, 6) is 2.01. The summed E-state index contributed by atoms with van der Waals surface area (Å²) in [6.45, 7) is 7.24. The molecule has 1 amide bonds. The Morgan fingerprint density at radius 1 is 1.10 bits per heavy atom. The highest BCUT2D eigenvalue weighted by molar-refractivity contribution is 5.73. The highest BCUT2D eigenvalue weighted by atomic mass is 19.1. The first-order valence-corrected chi connectivity index (χ1v) is 10.3. The second-order valence-corrected chi connectivity index (χ2v) is 7.98. The Balaban J connectivity index is 1.41. The van der Waals surface area contributed by atoms with E-state index in [0.717, 1.165) is 57.0 Å². The Labute approximate surface area is 170 Å². The zero-order valence-electron chi connectivity index (χ0n) is 17.0. The fourth-order valence-electron chi connectivity index (χ4n) is 4.30. The van der Waals surface area contributed by atoms with E-state index < -0.39 is 0 Å². The Morgan fingerprint density at radius 2 is 1.83 bits per heavy atom. The number of rotatable bonds is 4. The molecule has 3 heterocycles. The van der Waals surface area contributed by atoms with Crippen molar-refractivity contribution in [1.82, 2.24) is 19.8 Å². The lowest BCUT2D eigenvalue weighted by Crippen LogP contribution is -2.45. The van der Waals surface area contributed by atoms with Crippen LogP contribution in [0.3, 0.4) is 0 Å². The third-order valence-corrected chi connectivity index (χ3v) is 5.90. The minimum absolute atomic E-state index is 0.171. The highest BCUT2D eigenvalue weighted by Crippen LogP contribution is 2.31. The normalized spacial score (nSPS) is 20.8. The van der Waals surface area contributed by atoms with E-state index >= 15 is 0 Å². The SMILES string of the molecule is CC(=O)N1CCC(N2CC[C@@H](c3nc(C)cc(Oc4ccc(F)cc4)n3)C2)CC1. The van der Waals surface area contributed by atoms with Gasteiger partial charge in [-0.05, 0) is 57.0 Å². The molecule has 0 bridgehead atoms. The van der Waals surface area contributed by atoms with Crippen LogP contribution in [-0.4, -0.2) is 57.9 Å². The smallest absolute Gasteiger partial charge is 0.222 e. The number of aromatic nitrogens is 2. The number of halogens is 1. The topological polar surface area (TPSA) is 58.6 Å². The van der Waals surface area contributed by atoms with Gasteiger partial charge in [0.1, 0.15) is 17.4 Å². The number of ether oxygens (including phenoxy) is 1. The van der Waals surface area contributed by atoms with E-state index in [1.165, 1.54) is 12.1 Å². The van der Waals surface area contributed by atoms with Gasteiger partial charge in [0.2, 0.25) is 11.8 Å². The maximum atomic E-state index is 13.1. The van der Waals surface area contributed by atoms with Crippen molar-refractivity contribution in [3.8, 4) is 11.6 Å². The van der Waals surface area contributed by atoms with E-state index in [9.17, 15) is 9.18 Å². The van der Waals surface area contributed by atoms with Gasteiger partial charge in [0.25, 0.3) is 0 Å². The van der Waals surface area contributed by atoms with Gasteiger partial charge in [0.05, 0.1) is 0 Å². The van der Waals surface area contributed by atoms with Crippen molar-refractivity contribution in [3.05, 3.63) is 47.7 Å². The van der Waals surface area contributed by atoms with Crippen LogP contribution < -0.4 is 4.74 Å². The predicted molar refractivity (Wildman–Crippen MR) is 107 cm³/mol. The fraction of sp³-hybridized carbons (Fsp3) is 0.500. The number of carbonyl (C=O) groups excluding carboxylic acids is 1. The fourth-order valence-corrected chi connectivity index (χ4v) is 4.30. The van der Waals surface area contributed by atoms with Gasteiger partial charge in [-0.15, -0.1) is 0 Å². The van der Waals surface area contributed by atoms with Crippen LogP contribution in [0.2, 0.25) is 0 Å². The zero-order valence-corrected chi connectivity index (χ0v) is 17.0. The molecule has 2 aromatic rings. The number of nitrogens with zero attached hydrogens (tertiary/aromatic N) is 4. The molecule has 0 aliphatic carbocycles. The molecule has 1 atom stereocenters. The third-order valence-electron chi connectivity index (χ3n) is 5.90. The Kier molecular flexibility index (Phi) is 5.76. The van der Waals surface area contributed by atoms with Crippen LogP contribution in [0.25, 0.3) is 0 Å². The van der Waals surface area contributed by atoms with Crippen LogP contribution in [0, 0.1) is 12.7 Å². The van der Waals surface area contributed by atoms with Crippen LogP contribution in [0.1, 0.15) is 43.6 Å². The van der Waals surface area contributed by atoms with Crippen LogP contribution >= 0.6 is 0 Å². The van der Waals surface area contributed by atoms with E-state index in [-0.39, 0.29) is 17.6 Å². The number of aryl methyl sites for hydroxylation is 1. The Hall–Kier alpha value is -2.54. The number of piperidine rings is 1.